The van der Waals surface area contributed by atoms with Crippen molar-refractivity contribution in [2.45, 2.75) is 38.8 Å². The monoisotopic (exact) mass is 397 g/mol. The van der Waals surface area contributed by atoms with E-state index >= 15 is 0 Å². The first-order valence-corrected chi connectivity index (χ1v) is 10.1. The van der Waals surface area contributed by atoms with Crippen molar-refractivity contribution in [3.8, 4) is 17.6 Å². The highest BCUT2D eigenvalue weighted by Crippen LogP contribution is 2.32. The number of aromatic nitrogens is 1. The molecule has 0 saturated heterocycles. The van der Waals surface area contributed by atoms with Gasteiger partial charge in [-0.15, -0.1) is 0 Å². The van der Waals surface area contributed by atoms with E-state index in [-0.39, 0.29) is 17.7 Å². The van der Waals surface area contributed by atoms with Crippen LogP contribution in [-0.2, 0) is 4.79 Å². The van der Waals surface area contributed by atoms with Crippen molar-refractivity contribution >= 4 is 17.7 Å². The van der Waals surface area contributed by atoms with Crippen molar-refractivity contribution in [3.05, 3.63) is 46.1 Å². The number of rotatable bonds is 5. The summed E-state index contributed by atoms with van der Waals surface area (Å²) in [6.07, 6.45) is 0. The van der Waals surface area contributed by atoms with Crippen LogP contribution in [0.2, 0.25) is 0 Å². The fraction of sp³-hybridized carbons (Fsp3) is 0.381. The first-order chi connectivity index (χ1) is 13.4. The summed E-state index contributed by atoms with van der Waals surface area (Å²) in [5.41, 5.74) is 4.30. The van der Waals surface area contributed by atoms with Crippen molar-refractivity contribution < 1.29 is 14.3 Å². The van der Waals surface area contributed by atoms with E-state index < -0.39 is 0 Å². The molecule has 3 rings (SSSR count). The molecule has 0 saturated carbocycles. The summed E-state index contributed by atoms with van der Waals surface area (Å²) in [5.74, 6) is 1.50. The van der Waals surface area contributed by atoms with E-state index in [0.717, 1.165) is 28.1 Å². The van der Waals surface area contributed by atoms with Gasteiger partial charge in [0.15, 0.2) is 11.5 Å². The van der Waals surface area contributed by atoms with Gasteiger partial charge in [-0.3, -0.25) is 4.79 Å². The Bertz CT molecular complexity index is 953. The zero-order valence-electron chi connectivity index (χ0n) is 16.5. The van der Waals surface area contributed by atoms with Crippen LogP contribution >= 0.6 is 11.8 Å². The van der Waals surface area contributed by atoms with Crippen molar-refractivity contribution in [2.75, 3.05) is 19.0 Å². The molecule has 2 aromatic rings. The standard InChI is InChI=1S/C21H23N3O3S/c1-12-13(2)17(10-22)21(24-14(12)3)28-11-20(25)23-15(4)16-5-6-18-19(9-16)27-8-7-26-18/h5-6,9,15H,7-8,11H2,1-4H3,(H,23,25)/t15-/m1/s1. The number of nitrogens with one attached hydrogen (secondary N) is 1. The van der Waals surface area contributed by atoms with E-state index in [1.807, 2.05) is 45.9 Å². The predicted molar refractivity (Wildman–Crippen MR) is 108 cm³/mol. The Hall–Kier alpha value is -2.72. The molecule has 1 aromatic carbocycles. The minimum Gasteiger partial charge on any atom is -0.486 e. The van der Waals surface area contributed by atoms with Gasteiger partial charge in [0.25, 0.3) is 0 Å². The Morgan fingerprint density at radius 2 is 1.96 bits per heavy atom. The maximum Gasteiger partial charge on any atom is 0.230 e. The average Bonchev–Trinajstić information content (AvgIpc) is 2.70. The molecule has 1 aliphatic rings. The maximum atomic E-state index is 12.4. The van der Waals surface area contributed by atoms with Gasteiger partial charge >= 0.3 is 0 Å². The molecule has 0 aliphatic carbocycles. The number of benzene rings is 1. The van der Waals surface area contributed by atoms with Crippen LogP contribution in [0, 0.1) is 32.1 Å². The summed E-state index contributed by atoms with van der Waals surface area (Å²) in [5, 5.41) is 13.0. The Labute approximate surface area is 169 Å². The highest BCUT2D eigenvalue weighted by molar-refractivity contribution is 8.00. The third kappa shape index (κ3) is 4.23. The number of carbonyl (C=O) groups is 1. The Kier molecular flexibility index (Phi) is 6.10. The lowest BCUT2D eigenvalue weighted by atomic mass is 10.1. The molecule has 0 spiro atoms. The van der Waals surface area contributed by atoms with Gasteiger partial charge in [-0.25, -0.2) is 4.98 Å². The molecule has 1 atom stereocenters. The number of carbonyl (C=O) groups excluding carboxylic acids is 1. The topological polar surface area (TPSA) is 84.2 Å². The zero-order valence-corrected chi connectivity index (χ0v) is 17.3. The number of aryl methyl sites for hydroxylation is 1. The maximum absolute atomic E-state index is 12.4. The van der Waals surface area contributed by atoms with Crippen molar-refractivity contribution in [1.82, 2.24) is 10.3 Å². The van der Waals surface area contributed by atoms with Crippen LogP contribution in [0.15, 0.2) is 23.2 Å². The fourth-order valence-electron chi connectivity index (χ4n) is 2.98. The summed E-state index contributed by atoms with van der Waals surface area (Å²) < 4.78 is 11.1. The lowest BCUT2D eigenvalue weighted by molar-refractivity contribution is -0.119. The fourth-order valence-corrected chi connectivity index (χ4v) is 3.87. The number of thioether (sulfide) groups is 1. The number of pyridine rings is 1. The lowest BCUT2D eigenvalue weighted by Gasteiger charge is -2.21. The number of nitrogens with zero attached hydrogens (tertiary/aromatic N) is 2. The van der Waals surface area contributed by atoms with Crippen LogP contribution in [0.3, 0.4) is 0 Å². The molecule has 1 aliphatic heterocycles. The molecule has 0 bridgehead atoms. The number of fused-ring (bicyclic) bond motifs is 1. The van der Waals surface area contributed by atoms with Gasteiger partial charge in [-0.2, -0.15) is 5.26 Å². The van der Waals surface area contributed by atoms with Crippen LogP contribution < -0.4 is 14.8 Å². The minimum atomic E-state index is -0.172. The number of amides is 1. The lowest BCUT2D eigenvalue weighted by Crippen LogP contribution is -2.28. The van der Waals surface area contributed by atoms with Crippen LogP contribution in [-0.4, -0.2) is 29.9 Å². The Morgan fingerprint density at radius 1 is 1.25 bits per heavy atom. The first-order valence-electron chi connectivity index (χ1n) is 9.10. The third-order valence-corrected chi connectivity index (χ3v) is 5.83. The summed E-state index contributed by atoms with van der Waals surface area (Å²) in [7, 11) is 0. The summed E-state index contributed by atoms with van der Waals surface area (Å²) in [4.78, 5) is 16.9. The van der Waals surface area contributed by atoms with E-state index in [4.69, 9.17) is 9.47 Å². The van der Waals surface area contributed by atoms with Crippen LogP contribution in [0.4, 0.5) is 0 Å². The molecule has 7 heteroatoms. The molecule has 2 heterocycles. The highest BCUT2D eigenvalue weighted by Gasteiger charge is 2.17. The number of nitriles is 1. The second-order valence-corrected chi connectivity index (χ2v) is 7.68. The van der Waals surface area contributed by atoms with Crippen molar-refractivity contribution in [2.24, 2.45) is 0 Å². The van der Waals surface area contributed by atoms with Gasteiger partial charge in [0.1, 0.15) is 24.3 Å². The Morgan fingerprint density at radius 3 is 2.68 bits per heavy atom. The van der Waals surface area contributed by atoms with Gasteiger partial charge in [0.2, 0.25) is 5.91 Å². The zero-order chi connectivity index (χ0) is 20.3. The second kappa shape index (κ2) is 8.53. The molecule has 146 valence electrons. The molecule has 0 unspecified atom stereocenters. The molecule has 0 fully saturated rings. The summed E-state index contributed by atoms with van der Waals surface area (Å²) >= 11 is 1.29. The van der Waals surface area contributed by atoms with Crippen LogP contribution in [0.25, 0.3) is 0 Å². The molecule has 1 aromatic heterocycles. The quantitative estimate of drug-likeness (QED) is 0.776. The smallest absolute Gasteiger partial charge is 0.230 e. The molecule has 28 heavy (non-hydrogen) atoms. The van der Waals surface area contributed by atoms with Gasteiger partial charge in [0.05, 0.1) is 17.4 Å². The second-order valence-electron chi connectivity index (χ2n) is 6.72. The SMILES string of the molecule is Cc1nc(SCC(=O)N[C@H](C)c2ccc3c(c2)OCCO3)c(C#N)c(C)c1C. The molecular weight excluding hydrogens is 374 g/mol. The minimum absolute atomic E-state index is 0.117. The van der Waals surface area contributed by atoms with E-state index in [1.54, 1.807) is 0 Å². The Balaban J connectivity index is 1.64. The van der Waals surface area contributed by atoms with Gasteiger partial charge in [-0.1, -0.05) is 17.8 Å². The molecule has 0 radical (unpaired) electrons. The number of ether oxygens (including phenoxy) is 2. The molecule has 6 nitrogen and oxygen atoms in total. The van der Waals surface area contributed by atoms with E-state index in [1.165, 1.54) is 11.8 Å². The van der Waals surface area contributed by atoms with E-state index in [2.05, 4.69) is 16.4 Å². The normalized spacial score (nSPS) is 13.5. The van der Waals surface area contributed by atoms with E-state index in [9.17, 15) is 10.1 Å². The van der Waals surface area contributed by atoms with Gasteiger partial charge in [0, 0.05) is 5.69 Å². The summed E-state index contributed by atoms with van der Waals surface area (Å²) in [6.45, 7) is 8.78. The average molecular weight is 398 g/mol. The predicted octanol–water partition coefficient (Wildman–Crippen LogP) is 3.62. The first kappa shape index (κ1) is 20.0. The summed E-state index contributed by atoms with van der Waals surface area (Å²) in [6, 6.07) is 7.72. The number of hydrogen-bond acceptors (Lipinski definition) is 6. The van der Waals surface area contributed by atoms with Crippen molar-refractivity contribution in [3.63, 3.8) is 0 Å². The number of hydrogen-bond donors (Lipinski definition) is 1. The third-order valence-electron chi connectivity index (χ3n) is 4.86. The largest absolute Gasteiger partial charge is 0.486 e. The molecular formula is C21H23N3O3S. The van der Waals surface area contributed by atoms with Crippen LogP contribution in [0.5, 0.6) is 11.5 Å². The van der Waals surface area contributed by atoms with Crippen LogP contribution in [0.1, 0.15) is 40.9 Å². The van der Waals surface area contributed by atoms with E-state index in [0.29, 0.717) is 29.6 Å². The highest BCUT2D eigenvalue weighted by atomic mass is 32.2. The molecule has 1 amide bonds. The van der Waals surface area contributed by atoms with Gasteiger partial charge < -0.3 is 14.8 Å². The van der Waals surface area contributed by atoms with Crippen molar-refractivity contribution in [1.29, 1.82) is 5.26 Å². The molecule has 1 N–H and O–H groups in total. The van der Waals surface area contributed by atoms with Gasteiger partial charge in [-0.05, 0) is 56.5 Å².